The smallest absolute Gasteiger partial charge is 0.241 e. The number of hydrogen-bond donors (Lipinski definition) is 0. The summed E-state index contributed by atoms with van der Waals surface area (Å²) in [5.74, 6) is -0.576. The van der Waals surface area contributed by atoms with Gasteiger partial charge < -0.3 is 9.47 Å². The third-order valence-electron chi connectivity index (χ3n) is 5.06. The van der Waals surface area contributed by atoms with E-state index in [1.54, 1.807) is 31.4 Å². The molecule has 2 saturated heterocycles. The van der Waals surface area contributed by atoms with E-state index >= 15 is 0 Å². The van der Waals surface area contributed by atoms with Gasteiger partial charge in [0, 0.05) is 0 Å². The molecule has 2 amide bonds. The lowest BCUT2D eigenvalue weighted by molar-refractivity contribution is -0.128. The zero-order chi connectivity index (χ0) is 15.7. The second-order valence-corrected chi connectivity index (χ2v) is 6.47. The van der Waals surface area contributed by atoms with Gasteiger partial charge in [-0.25, -0.2) is 4.90 Å². The van der Waals surface area contributed by atoms with Gasteiger partial charge in [0.2, 0.25) is 11.8 Å². The summed E-state index contributed by atoms with van der Waals surface area (Å²) < 4.78 is 11.1. The monoisotopic (exact) mass is 299 g/mol. The fourth-order valence-electron chi connectivity index (χ4n) is 4.02. The number of methoxy groups -OCH3 is 1. The Bertz CT molecular complexity index is 674. The lowest BCUT2D eigenvalue weighted by atomic mass is 9.73. The number of anilines is 1. The van der Waals surface area contributed by atoms with Crippen molar-refractivity contribution in [2.45, 2.75) is 25.0 Å². The van der Waals surface area contributed by atoms with Crippen molar-refractivity contribution in [2.75, 3.05) is 12.0 Å². The minimum atomic E-state index is -0.687. The van der Waals surface area contributed by atoms with Crippen LogP contribution in [0.2, 0.25) is 0 Å². The van der Waals surface area contributed by atoms with E-state index in [2.05, 4.69) is 0 Å². The van der Waals surface area contributed by atoms with Crippen LogP contribution in [-0.4, -0.2) is 30.1 Å². The first-order valence-corrected chi connectivity index (χ1v) is 7.32. The molecule has 4 atom stereocenters. The Balaban J connectivity index is 1.76. The van der Waals surface area contributed by atoms with E-state index in [4.69, 9.17) is 9.47 Å². The van der Waals surface area contributed by atoms with Crippen LogP contribution >= 0.6 is 0 Å². The lowest BCUT2D eigenvalue weighted by Gasteiger charge is -2.25. The molecule has 4 rings (SSSR count). The Labute approximate surface area is 128 Å². The Kier molecular flexibility index (Phi) is 2.45. The van der Waals surface area contributed by atoms with Gasteiger partial charge in [-0.1, -0.05) is 12.2 Å². The molecular formula is C17H17NO4. The van der Waals surface area contributed by atoms with E-state index in [0.717, 1.165) is 0 Å². The molecule has 3 aliphatic heterocycles. The number of benzene rings is 1. The van der Waals surface area contributed by atoms with Gasteiger partial charge in [-0.05, 0) is 38.1 Å². The van der Waals surface area contributed by atoms with Crippen LogP contribution in [0.25, 0.3) is 0 Å². The van der Waals surface area contributed by atoms with Crippen LogP contribution in [-0.2, 0) is 14.3 Å². The maximum atomic E-state index is 12.8. The minimum absolute atomic E-state index is 0.184. The highest BCUT2D eigenvalue weighted by atomic mass is 16.5. The molecule has 0 spiro atoms. The molecule has 0 saturated carbocycles. The number of imide groups is 1. The van der Waals surface area contributed by atoms with Gasteiger partial charge in [-0.3, -0.25) is 9.59 Å². The first-order valence-electron chi connectivity index (χ1n) is 7.32. The van der Waals surface area contributed by atoms with Gasteiger partial charge in [0.15, 0.2) is 0 Å². The Morgan fingerprint density at radius 3 is 1.95 bits per heavy atom. The summed E-state index contributed by atoms with van der Waals surface area (Å²) in [6.07, 6.45) is 3.83. The Morgan fingerprint density at radius 2 is 1.50 bits per heavy atom. The summed E-state index contributed by atoms with van der Waals surface area (Å²) in [7, 11) is 1.58. The third-order valence-corrected chi connectivity index (χ3v) is 5.06. The Hall–Kier alpha value is -2.14. The van der Waals surface area contributed by atoms with Crippen LogP contribution < -0.4 is 9.64 Å². The van der Waals surface area contributed by atoms with Crippen LogP contribution in [0, 0.1) is 11.8 Å². The summed E-state index contributed by atoms with van der Waals surface area (Å²) in [6, 6.07) is 6.96. The minimum Gasteiger partial charge on any atom is -0.497 e. The predicted molar refractivity (Wildman–Crippen MR) is 79.5 cm³/mol. The first-order chi connectivity index (χ1) is 10.4. The Morgan fingerprint density at radius 1 is 1.00 bits per heavy atom. The number of ether oxygens (including phenoxy) is 2. The van der Waals surface area contributed by atoms with Crippen LogP contribution in [0.15, 0.2) is 36.4 Å². The zero-order valence-corrected chi connectivity index (χ0v) is 12.7. The van der Waals surface area contributed by atoms with Gasteiger partial charge in [-0.2, -0.15) is 0 Å². The van der Waals surface area contributed by atoms with Crippen molar-refractivity contribution < 1.29 is 19.1 Å². The van der Waals surface area contributed by atoms with Crippen LogP contribution in [0.5, 0.6) is 5.75 Å². The topological polar surface area (TPSA) is 55.8 Å². The largest absolute Gasteiger partial charge is 0.497 e. The third kappa shape index (κ3) is 1.47. The maximum absolute atomic E-state index is 12.8. The number of rotatable bonds is 2. The first kappa shape index (κ1) is 13.5. The van der Waals surface area contributed by atoms with Gasteiger partial charge in [-0.15, -0.1) is 0 Å². The van der Waals surface area contributed by atoms with Gasteiger partial charge >= 0.3 is 0 Å². The standard InChI is InChI=1S/C17H17NO4/c1-16-8-9-17(2,22-16)13-12(16)14(19)18(15(13)20)10-4-6-11(21-3)7-5-10/h4-9,12-13H,1-3H3/t12-,13+,16-,17-/m0/s1. The molecule has 22 heavy (non-hydrogen) atoms. The summed E-state index contributed by atoms with van der Waals surface area (Å²) in [4.78, 5) is 27.0. The predicted octanol–water partition coefficient (Wildman–Crippen LogP) is 1.92. The molecule has 1 aromatic carbocycles. The number of hydrogen-bond acceptors (Lipinski definition) is 4. The molecule has 0 unspecified atom stereocenters. The zero-order valence-electron chi connectivity index (χ0n) is 12.7. The molecule has 0 aliphatic carbocycles. The summed E-state index contributed by atoms with van der Waals surface area (Å²) >= 11 is 0. The van der Waals surface area contributed by atoms with E-state index in [-0.39, 0.29) is 11.8 Å². The SMILES string of the molecule is COc1ccc(N2C(=O)[C@@H]3[C@H](C2=O)[C@]2(C)C=C[C@]3(C)O2)cc1. The average Bonchev–Trinajstić information content (AvgIpc) is 3.04. The highest BCUT2D eigenvalue weighted by Crippen LogP contribution is 2.57. The van der Waals surface area contributed by atoms with E-state index in [9.17, 15) is 9.59 Å². The van der Waals surface area contributed by atoms with Crippen LogP contribution in [0.3, 0.4) is 0 Å². The molecular weight excluding hydrogens is 282 g/mol. The van der Waals surface area contributed by atoms with Gasteiger partial charge in [0.1, 0.15) is 5.75 Å². The normalized spacial score (nSPS) is 38.8. The summed E-state index contributed by atoms with van der Waals surface area (Å²) in [6.45, 7) is 3.75. The highest BCUT2D eigenvalue weighted by Gasteiger charge is 2.70. The molecule has 5 nitrogen and oxygen atoms in total. The van der Waals surface area contributed by atoms with E-state index < -0.39 is 23.0 Å². The molecule has 0 aromatic heterocycles. The fourth-order valence-corrected chi connectivity index (χ4v) is 4.02. The van der Waals surface area contributed by atoms with Crippen molar-refractivity contribution in [3.8, 4) is 5.75 Å². The molecule has 3 heterocycles. The molecule has 1 aromatic rings. The number of fused-ring (bicyclic) bond motifs is 5. The van der Waals surface area contributed by atoms with Crippen molar-refractivity contribution in [2.24, 2.45) is 11.8 Å². The van der Waals surface area contributed by atoms with Crippen LogP contribution in [0.4, 0.5) is 5.69 Å². The molecule has 0 N–H and O–H groups in total. The average molecular weight is 299 g/mol. The molecule has 3 aliphatic rings. The molecule has 0 radical (unpaired) electrons. The number of nitrogens with zero attached hydrogens (tertiary/aromatic N) is 1. The quantitative estimate of drug-likeness (QED) is 0.618. The van der Waals surface area contributed by atoms with Crippen molar-refractivity contribution in [1.29, 1.82) is 0 Å². The second kappa shape index (κ2) is 3.98. The summed E-state index contributed by atoms with van der Waals surface area (Å²) in [5.41, 5.74) is -0.794. The van der Waals surface area contributed by atoms with Crippen molar-refractivity contribution in [3.63, 3.8) is 0 Å². The second-order valence-electron chi connectivity index (χ2n) is 6.47. The van der Waals surface area contributed by atoms with Crippen molar-refractivity contribution in [1.82, 2.24) is 0 Å². The van der Waals surface area contributed by atoms with E-state index in [0.29, 0.717) is 11.4 Å². The van der Waals surface area contributed by atoms with Crippen molar-refractivity contribution in [3.05, 3.63) is 36.4 Å². The van der Waals surface area contributed by atoms with Gasteiger partial charge in [0.05, 0.1) is 35.8 Å². The summed E-state index contributed by atoms with van der Waals surface area (Å²) in [5, 5.41) is 0. The van der Waals surface area contributed by atoms with Crippen LogP contribution in [0.1, 0.15) is 13.8 Å². The molecule has 2 fully saturated rings. The lowest BCUT2D eigenvalue weighted by Crippen LogP contribution is -2.39. The van der Waals surface area contributed by atoms with Gasteiger partial charge in [0.25, 0.3) is 0 Å². The molecule has 114 valence electrons. The number of carbonyl (C=O) groups excluding carboxylic acids is 2. The highest BCUT2D eigenvalue weighted by molar-refractivity contribution is 6.23. The number of amides is 2. The fraction of sp³-hybridized carbons (Fsp3) is 0.412. The molecule has 2 bridgehead atoms. The van der Waals surface area contributed by atoms with E-state index in [1.165, 1.54) is 4.90 Å². The van der Waals surface area contributed by atoms with Crippen molar-refractivity contribution >= 4 is 17.5 Å². The molecule has 5 heteroatoms. The maximum Gasteiger partial charge on any atom is 0.241 e. The van der Waals surface area contributed by atoms with E-state index in [1.807, 2.05) is 26.0 Å². The number of carbonyl (C=O) groups is 2.